The smallest absolute Gasteiger partial charge is 0.303 e. The number of carboxylic acid groups (broad SMARTS) is 1. The number of carbonyl (C=O) groups is 1. The van der Waals surface area contributed by atoms with Crippen molar-refractivity contribution in [2.75, 3.05) is 19.8 Å². The lowest BCUT2D eigenvalue weighted by atomic mass is 10.1. The van der Waals surface area contributed by atoms with Gasteiger partial charge in [-0.15, -0.1) is 0 Å². The van der Waals surface area contributed by atoms with Gasteiger partial charge in [0.1, 0.15) is 11.9 Å². The topological polar surface area (TPSA) is 172 Å². The van der Waals surface area contributed by atoms with E-state index in [0.717, 1.165) is 0 Å². The molecule has 0 amide bonds. The van der Waals surface area contributed by atoms with Crippen LogP contribution in [-0.2, 0) is 11.2 Å². The zero-order valence-corrected chi connectivity index (χ0v) is 19.3. The maximum Gasteiger partial charge on any atom is 0.303 e. The standard InChI is InChI=1S/C17H14Cl2N2O4.C4H11NO3/c1-9(13-3-2-10(18)8-20-13)24-16-7-15-11(6-12(16)19)14(21-25-15)4-5-17(22)23;5-4(1-6,2-7)3-8/h2-3,6-9H,4-5H2,1H3,(H,22,23);6-8H,1-3,5H2/t9-;/m0./s1. The molecule has 33 heavy (non-hydrogen) atoms. The number of pyridine rings is 1. The molecular formula is C21H25Cl2N3O7. The number of benzene rings is 1. The average molecular weight is 502 g/mol. The highest BCUT2D eigenvalue weighted by atomic mass is 35.5. The molecule has 0 radical (unpaired) electrons. The highest BCUT2D eigenvalue weighted by molar-refractivity contribution is 6.32. The van der Waals surface area contributed by atoms with Crippen molar-refractivity contribution in [3.8, 4) is 5.75 Å². The van der Waals surface area contributed by atoms with Crippen molar-refractivity contribution in [2.24, 2.45) is 5.73 Å². The van der Waals surface area contributed by atoms with E-state index in [9.17, 15) is 4.79 Å². The summed E-state index contributed by atoms with van der Waals surface area (Å²) in [5, 5.41) is 39.3. The van der Waals surface area contributed by atoms with E-state index < -0.39 is 31.3 Å². The van der Waals surface area contributed by atoms with Gasteiger partial charge in [-0.25, -0.2) is 0 Å². The maximum absolute atomic E-state index is 10.7. The second kappa shape index (κ2) is 12.1. The van der Waals surface area contributed by atoms with E-state index in [-0.39, 0.29) is 18.9 Å². The summed E-state index contributed by atoms with van der Waals surface area (Å²) < 4.78 is 11.1. The number of rotatable bonds is 9. The summed E-state index contributed by atoms with van der Waals surface area (Å²) >= 11 is 12.1. The second-order valence-corrected chi connectivity index (χ2v) is 8.14. The van der Waals surface area contributed by atoms with Crippen LogP contribution in [0.5, 0.6) is 5.75 Å². The zero-order chi connectivity index (χ0) is 24.6. The quantitative estimate of drug-likeness (QED) is 0.292. The van der Waals surface area contributed by atoms with Gasteiger partial charge in [0.05, 0.1) is 53.2 Å². The van der Waals surface area contributed by atoms with Crippen LogP contribution in [0.15, 0.2) is 35.0 Å². The van der Waals surface area contributed by atoms with Gasteiger partial charge in [0.15, 0.2) is 5.58 Å². The Morgan fingerprint density at radius 2 is 1.88 bits per heavy atom. The van der Waals surface area contributed by atoms with Crippen molar-refractivity contribution in [3.05, 3.63) is 51.9 Å². The van der Waals surface area contributed by atoms with Gasteiger partial charge < -0.3 is 35.4 Å². The van der Waals surface area contributed by atoms with E-state index >= 15 is 0 Å². The van der Waals surface area contributed by atoms with Crippen molar-refractivity contribution in [1.29, 1.82) is 0 Å². The Hall–Kier alpha value is -2.47. The van der Waals surface area contributed by atoms with E-state index in [0.29, 0.717) is 38.2 Å². The van der Waals surface area contributed by atoms with Crippen molar-refractivity contribution >= 4 is 40.1 Å². The number of aliphatic hydroxyl groups excluding tert-OH is 3. The highest BCUT2D eigenvalue weighted by Gasteiger charge is 2.21. The number of nitrogens with zero attached hydrogens (tertiary/aromatic N) is 2. The lowest BCUT2D eigenvalue weighted by molar-refractivity contribution is -0.136. The molecule has 10 nitrogen and oxygen atoms in total. The van der Waals surface area contributed by atoms with Gasteiger partial charge in [-0.05, 0) is 25.1 Å². The van der Waals surface area contributed by atoms with Crippen LogP contribution in [0.4, 0.5) is 0 Å². The SMILES string of the molecule is C[C@H](Oc1cc2onc(CCC(=O)O)c2cc1Cl)c1ccc(Cl)cn1.NC(CO)(CO)CO. The largest absolute Gasteiger partial charge is 0.483 e. The number of ether oxygens (including phenoxy) is 1. The third-order valence-corrected chi connectivity index (χ3v) is 5.11. The fourth-order valence-electron chi connectivity index (χ4n) is 2.51. The molecule has 0 fully saturated rings. The van der Waals surface area contributed by atoms with Crippen LogP contribution < -0.4 is 10.5 Å². The summed E-state index contributed by atoms with van der Waals surface area (Å²) in [5.74, 6) is -0.467. The first kappa shape index (κ1) is 26.8. The first-order valence-corrected chi connectivity index (χ1v) is 10.6. The molecule has 0 spiro atoms. The van der Waals surface area contributed by atoms with Gasteiger partial charge >= 0.3 is 5.97 Å². The lowest BCUT2D eigenvalue weighted by Crippen LogP contribution is -2.50. The first-order chi connectivity index (χ1) is 15.6. The molecule has 0 aliphatic carbocycles. The number of hydrogen-bond acceptors (Lipinski definition) is 9. The van der Waals surface area contributed by atoms with Gasteiger partial charge in [0, 0.05) is 24.1 Å². The molecule has 3 rings (SSSR count). The van der Waals surface area contributed by atoms with Crippen LogP contribution in [0.25, 0.3) is 11.0 Å². The Morgan fingerprint density at radius 1 is 1.21 bits per heavy atom. The number of halogens is 2. The van der Waals surface area contributed by atoms with Gasteiger partial charge in [0.2, 0.25) is 0 Å². The Kier molecular flexibility index (Phi) is 9.84. The fraction of sp³-hybridized carbons (Fsp3) is 0.381. The van der Waals surface area contributed by atoms with Crippen molar-refractivity contribution < 1.29 is 34.5 Å². The highest BCUT2D eigenvalue weighted by Crippen LogP contribution is 2.34. The van der Waals surface area contributed by atoms with Crippen LogP contribution in [0.2, 0.25) is 10.0 Å². The number of hydrogen-bond donors (Lipinski definition) is 5. The third kappa shape index (κ3) is 7.53. The molecule has 1 aromatic carbocycles. The summed E-state index contributed by atoms with van der Waals surface area (Å²) in [6.07, 6.45) is 1.44. The van der Waals surface area contributed by atoms with E-state index in [1.165, 1.54) is 0 Å². The lowest BCUT2D eigenvalue weighted by Gasteiger charge is -2.20. The molecule has 6 N–H and O–H groups in total. The summed E-state index contributed by atoms with van der Waals surface area (Å²) in [6.45, 7) is 0.634. The molecule has 3 aromatic rings. The van der Waals surface area contributed by atoms with E-state index in [1.54, 1.807) is 30.5 Å². The van der Waals surface area contributed by atoms with Crippen LogP contribution >= 0.6 is 23.2 Å². The summed E-state index contributed by atoms with van der Waals surface area (Å²) in [6, 6.07) is 6.82. The summed E-state index contributed by atoms with van der Waals surface area (Å²) in [5.41, 5.74) is 5.68. The molecule has 0 saturated heterocycles. The van der Waals surface area contributed by atoms with E-state index in [4.69, 9.17) is 58.6 Å². The number of aromatic nitrogens is 2. The monoisotopic (exact) mass is 501 g/mol. The number of nitrogens with two attached hydrogens (primary N) is 1. The van der Waals surface area contributed by atoms with Crippen molar-refractivity contribution in [3.63, 3.8) is 0 Å². The molecule has 2 heterocycles. The molecule has 0 aliphatic heterocycles. The van der Waals surface area contributed by atoms with Gasteiger partial charge in [-0.1, -0.05) is 28.4 Å². The number of carboxylic acids is 1. The Bertz CT molecular complexity index is 1050. The molecule has 1 atom stereocenters. The molecule has 0 aliphatic rings. The Morgan fingerprint density at radius 3 is 2.39 bits per heavy atom. The summed E-state index contributed by atoms with van der Waals surface area (Å²) in [7, 11) is 0. The van der Waals surface area contributed by atoms with Gasteiger partial charge in [-0.3, -0.25) is 9.78 Å². The first-order valence-electron chi connectivity index (χ1n) is 9.81. The number of aliphatic carboxylic acids is 1. The predicted molar refractivity (Wildman–Crippen MR) is 121 cm³/mol. The predicted octanol–water partition coefficient (Wildman–Crippen LogP) is 2.35. The molecule has 0 saturated carbocycles. The third-order valence-electron chi connectivity index (χ3n) is 4.59. The van der Waals surface area contributed by atoms with Crippen LogP contribution in [0, 0.1) is 0 Å². The Balaban J connectivity index is 0.000000414. The van der Waals surface area contributed by atoms with Gasteiger partial charge in [-0.2, -0.15) is 0 Å². The zero-order valence-electron chi connectivity index (χ0n) is 17.7. The minimum atomic E-state index is -1.21. The van der Waals surface area contributed by atoms with Crippen LogP contribution in [0.1, 0.15) is 30.8 Å². The second-order valence-electron chi connectivity index (χ2n) is 7.30. The van der Waals surface area contributed by atoms with Crippen molar-refractivity contribution in [2.45, 2.75) is 31.4 Å². The number of aryl methyl sites for hydroxylation is 1. The fourth-order valence-corrected chi connectivity index (χ4v) is 2.83. The average Bonchev–Trinajstić information content (AvgIpc) is 3.19. The van der Waals surface area contributed by atoms with Crippen LogP contribution in [0.3, 0.4) is 0 Å². The minimum absolute atomic E-state index is 0.0310. The van der Waals surface area contributed by atoms with Crippen molar-refractivity contribution in [1.82, 2.24) is 10.1 Å². The van der Waals surface area contributed by atoms with Crippen LogP contribution in [-0.4, -0.2) is 61.9 Å². The molecule has 180 valence electrons. The maximum atomic E-state index is 10.7. The van der Waals surface area contributed by atoms with E-state index in [2.05, 4.69) is 10.1 Å². The molecular weight excluding hydrogens is 477 g/mol. The molecule has 0 bridgehead atoms. The Labute approximate surface area is 199 Å². The number of fused-ring (bicyclic) bond motifs is 1. The molecule has 12 heteroatoms. The number of aliphatic hydroxyl groups is 3. The minimum Gasteiger partial charge on any atom is -0.483 e. The molecule has 2 aromatic heterocycles. The van der Waals surface area contributed by atoms with Gasteiger partial charge in [0.25, 0.3) is 0 Å². The normalized spacial score (nSPS) is 12.2. The summed E-state index contributed by atoms with van der Waals surface area (Å²) in [4.78, 5) is 14.9. The van der Waals surface area contributed by atoms with E-state index in [1.807, 2.05) is 6.92 Å². The molecule has 0 unspecified atom stereocenters.